The number of hydrogen-bond acceptors (Lipinski definition) is 4. The second-order valence-electron chi connectivity index (χ2n) is 8.89. The van der Waals surface area contributed by atoms with Crippen LogP contribution in [-0.2, 0) is 6.42 Å². The molecule has 0 spiro atoms. The van der Waals surface area contributed by atoms with Gasteiger partial charge in [-0.1, -0.05) is 6.07 Å². The Labute approximate surface area is 190 Å². The van der Waals surface area contributed by atoms with Gasteiger partial charge in [-0.2, -0.15) is 0 Å². The molecule has 1 aliphatic rings. The molecule has 2 amide bonds. The second-order valence-corrected chi connectivity index (χ2v) is 8.89. The smallest absolute Gasteiger partial charge is 0.315 e. The number of halogens is 2. The van der Waals surface area contributed by atoms with Gasteiger partial charge >= 0.3 is 6.03 Å². The van der Waals surface area contributed by atoms with Gasteiger partial charge in [-0.25, -0.2) is 18.6 Å². The van der Waals surface area contributed by atoms with Gasteiger partial charge in [0.25, 0.3) is 0 Å². The number of aromatic nitrogens is 2. The molecule has 176 valence electrons. The Balaban J connectivity index is 1.54. The number of amides is 2. The molecule has 0 aliphatic heterocycles. The van der Waals surface area contributed by atoms with Crippen molar-refractivity contribution >= 4 is 17.1 Å². The summed E-state index contributed by atoms with van der Waals surface area (Å²) < 4.78 is 33.3. The first-order valence-electron chi connectivity index (χ1n) is 11.0. The summed E-state index contributed by atoms with van der Waals surface area (Å²) in [7, 11) is 1.46. The third-order valence-corrected chi connectivity index (χ3v) is 6.18. The first kappa shape index (κ1) is 23.0. The molecular formula is C24H28F2N4O3. The third kappa shape index (κ3) is 5.60. The van der Waals surface area contributed by atoms with Crippen LogP contribution in [0.1, 0.15) is 50.0 Å². The average molecular weight is 459 g/mol. The van der Waals surface area contributed by atoms with Gasteiger partial charge in [0.1, 0.15) is 23.2 Å². The predicted molar refractivity (Wildman–Crippen MR) is 120 cm³/mol. The van der Waals surface area contributed by atoms with Gasteiger partial charge in [0.15, 0.2) is 0 Å². The van der Waals surface area contributed by atoms with Crippen molar-refractivity contribution in [2.24, 2.45) is 0 Å². The highest BCUT2D eigenvalue weighted by molar-refractivity contribution is 5.76. The van der Waals surface area contributed by atoms with Crippen LogP contribution in [0.25, 0.3) is 11.0 Å². The molecule has 9 heteroatoms. The first-order chi connectivity index (χ1) is 15.7. The zero-order valence-electron chi connectivity index (χ0n) is 18.6. The van der Waals surface area contributed by atoms with Crippen molar-refractivity contribution in [2.45, 2.75) is 56.7 Å². The minimum absolute atomic E-state index is 0.0617. The van der Waals surface area contributed by atoms with Crippen LogP contribution in [0.15, 0.2) is 36.4 Å². The number of nitrogens with one attached hydrogen (secondary N) is 3. The first-order valence-corrected chi connectivity index (χ1v) is 11.0. The molecule has 3 aromatic rings. The number of aromatic amines is 1. The highest BCUT2D eigenvalue weighted by Gasteiger charge is 2.30. The molecule has 2 aromatic carbocycles. The van der Waals surface area contributed by atoms with Crippen molar-refractivity contribution < 1.29 is 23.4 Å². The minimum Gasteiger partial charge on any atom is -0.497 e. The Kier molecular flexibility index (Phi) is 6.51. The Morgan fingerprint density at radius 2 is 2.03 bits per heavy atom. The van der Waals surface area contributed by atoms with Crippen LogP contribution in [0.2, 0.25) is 0 Å². The minimum atomic E-state index is -0.702. The maximum Gasteiger partial charge on any atom is 0.315 e. The summed E-state index contributed by atoms with van der Waals surface area (Å²) in [4.78, 5) is 20.3. The van der Waals surface area contributed by atoms with Crippen LogP contribution in [0.4, 0.5) is 13.6 Å². The average Bonchev–Trinajstić information content (AvgIpc) is 3.19. The lowest BCUT2D eigenvalue weighted by atomic mass is 9.84. The molecule has 1 aliphatic carbocycles. The molecule has 1 heterocycles. The maximum atomic E-state index is 14.6. The van der Waals surface area contributed by atoms with Crippen molar-refractivity contribution in [2.75, 3.05) is 7.11 Å². The monoisotopic (exact) mass is 458 g/mol. The van der Waals surface area contributed by atoms with Crippen molar-refractivity contribution in [3.8, 4) is 5.75 Å². The number of urea groups is 1. The van der Waals surface area contributed by atoms with E-state index in [2.05, 4.69) is 20.6 Å². The molecule has 4 rings (SSSR count). The van der Waals surface area contributed by atoms with E-state index in [9.17, 15) is 18.7 Å². The van der Waals surface area contributed by atoms with Crippen molar-refractivity contribution in [1.82, 2.24) is 20.6 Å². The van der Waals surface area contributed by atoms with Gasteiger partial charge in [-0.15, -0.1) is 0 Å². The van der Waals surface area contributed by atoms with Gasteiger partial charge in [0, 0.05) is 18.5 Å². The van der Waals surface area contributed by atoms with E-state index in [1.807, 2.05) is 0 Å². The Morgan fingerprint density at radius 1 is 1.27 bits per heavy atom. The lowest BCUT2D eigenvalue weighted by Gasteiger charge is -2.33. The summed E-state index contributed by atoms with van der Waals surface area (Å²) >= 11 is 0. The van der Waals surface area contributed by atoms with E-state index >= 15 is 0 Å². The standard InChI is InChI=1S/C24H28F2N4O3/c1-24(32)9-7-16(8-10-24)27-23(31)30-21(11-14-3-5-17(33-2)13-18(14)26)22-28-19-6-4-15(25)12-20(19)29-22/h3-6,12-13,16,21,32H,7-11H2,1-2H3,(H,28,29)(H2,27,30,31)/t16-,21?,24-. The summed E-state index contributed by atoms with van der Waals surface area (Å²) in [6, 6.07) is 7.56. The predicted octanol–water partition coefficient (Wildman–Crippen LogP) is 4.13. The van der Waals surface area contributed by atoms with E-state index in [0.29, 0.717) is 53.9 Å². The molecule has 1 aromatic heterocycles. The lowest BCUT2D eigenvalue weighted by molar-refractivity contribution is 0.0151. The van der Waals surface area contributed by atoms with E-state index < -0.39 is 29.3 Å². The van der Waals surface area contributed by atoms with E-state index in [1.165, 1.54) is 25.3 Å². The number of hydrogen-bond donors (Lipinski definition) is 4. The molecule has 1 unspecified atom stereocenters. The van der Waals surface area contributed by atoms with Crippen LogP contribution in [0.3, 0.4) is 0 Å². The quantitative estimate of drug-likeness (QED) is 0.446. The molecule has 1 fully saturated rings. The summed E-state index contributed by atoms with van der Waals surface area (Å²) in [6.45, 7) is 1.80. The van der Waals surface area contributed by atoms with Crippen LogP contribution >= 0.6 is 0 Å². The number of nitrogens with zero attached hydrogens (tertiary/aromatic N) is 1. The maximum absolute atomic E-state index is 14.6. The summed E-state index contributed by atoms with van der Waals surface area (Å²) in [5.41, 5.74) is 0.707. The summed E-state index contributed by atoms with van der Waals surface area (Å²) in [5.74, 6) is -0.0778. The van der Waals surface area contributed by atoms with E-state index in [1.54, 1.807) is 25.1 Å². The van der Waals surface area contributed by atoms with Gasteiger partial charge in [0.2, 0.25) is 0 Å². The summed E-state index contributed by atoms with van der Waals surface area (Å²) in [5, 5.41) is 15.9. The fraction of sp³-hybridized carbons (Fsp3) is 0.417. The molecule has 33 heavy (non-hydrogen) atoms. The Bertz CT molecular complexity index is 1140. The number of methoxy groups -OCH3 is 1. The molecule has 0 radical (unpaired) electrons. The molecule has 4 N–H and O–H groups in total. The zero-order chi connectivity index (χ0) is 23.6. The number of benzene rings is 2. The number of carbonyl (C=O) groups is 1. The van der Waals surface area contributed by atoms with Gasteiger partial charge < -0.3 is 25.5 Å². The number of carbonyl (C=O) groups excluding carboxylic acids is 1. The number of ether oxygens (including phenoxy) is 1. The van der Waals surface area contributed by atoms with Crippen LogP contribution in [-0.4, -0.2) is 39.9 Å². The fourth-order valence-electron chi connectivity index (χ4n) is 4.19. The number of H-pyrrole nitrogens is 1. The molecule has 1 atom stereocenters. The topological polar surface area (TPSA) is 99.3 Å². The van der Waals surface area contributed by atoms with Crippen LogP contribution in [0.5, 0.6) is 5.75 Å². The largest absolute Gasteiger partial charge is 0.497 e. The second kappa shape index (κ2) is 9.35. The summed E-state index contributed by atoms with van der Waals surface area (Å²) in [6.07, 6.45) is 2.68. The highest BCUT2D eigenvalue weighted by atomic mass is 19.1. The van der Waals surface area contributed by atoms with Gasteiger partial charge in [0.05, 0.1) is 29.8 Å². The number of rotatable bonds is 6. The molecular weight excluding hydrogens is 430 g/mol. The molecule has 0 bridgehead atoms. The van der Waals surface area contributed by atoms with E-state index in [-0.39, 0.29) is 12.5 Å². The van der Waals surface area contributed by atoms with E-state index in [0.717, 1.165) is 0 Å². The highest BCUT2D eigenvalue weighted by Crippen LogP contribution is 2.28. The third-order valence-electron chi connectivity index (χ3n) is 6.18. The van der Waals surface area contributed by atoms with Gasteiger partial charge in [-0.3, -0.25) is 0 Å². The fourth-order valence-corrected chi connectivity index (χ4v) is 4.19. The number of fused-ring (bicyclic) bond motifs is 1. The molecule has 1 saturated carbocycles. The Hall–Kier alpha value is -3.20. The lowest BCUT2D eigenvalue weighted by Crippen LogP contribution is -2.47. The SMILES string of the molecule is COc1ccc(CC(NC(=O)N[C@H]2CC[C@](C)(O)CC2)c2nc3ccc(F)cc3[nH]2)c(F)c1. The normalized spacial score (nSPS) is 21.5. The van der Waals surface area contributed by atoms with Crippen LogP contribution < -0.4 is 15.4 Å². The van der Waals surface area contributed by atoms with Crippen molar-refractivity contribution in [3.05, 3.63) is 59.4 Å². The number of imidazole rings is 1. The van der Waals surface area contributed by atoms with E-state index in [4.69, 9.17) is 4.74 Å². The molecule has 0 saturated heterocycles. The zero-order valence-corrected chi connectivity index (χ0v) is 18.6. The van der Waals surface area contributed by atoms with Gasteiger partial charge in [-0.05, 0) is 62.4 Å². The molecule has 7 nitrogen and oxygen atoms in total. The van der Waals surface area contributed by atoms with Crippen molar-refractivity contribution in [1.29, 1.82) is 0 Å². The van der Waals surface area contributed by atoms with Crippen LogP contribution in [0, 0.1) is 11.6 Å². The Morgan fingerprint density at radius 3 is 2.73 bits per heavy atom. The van der Waals surface area contributed by atoms with Crippen molar-refractivity contribution in [3.63, 3.8) is 0 Å². The number of aliphatic hydroxyl groups is 1.